The van der Waals surface area contributed by atoms with Gasteiger partial charge in [0.05, 0.1) is 0 Å². The summed E-state index contributed by atoms with van der Waals surface area (Å²) in [6.45, 7) is 6.42. The molecule has 4 heteroatoms. The van der Waals surface area contributed by atoms with Crippen LogP contribution in [0, 0.1) is 25.6 Å². The first-order chi connectivity index (χ1) is 8.45. The van der Waals surface area contributed by atoms with E-state index >= 15 is 0 Å². The van der Waals surface area contributed by atoms with Crippen LogP contribution in [0.1, 0.15) is 23.6 Å². The Morgan fingerprint density at radius 2 is 1.89 bits per heavy atom. The summed E-state index contributed by atoms with van der Waals surface area (Å²) < 4.78 is 13.4. The smallest absolute Gasteiger partial charge is 0.224 e. The molecule has 1 unspecified atom stereocenters. The quantitative estimate of drug-likeness (QED) is 0.840. The van der Waals surface area contributed by atoms with Crippen LogP contribution < -0.4 is 10.6 Å². The van der Waals surface area contributed by atoms with Crippen LogP contribution in [0.2, 0.25) is 0 Å². The molecule has 1 rings (SSSR count). The molecule has 0 aromatic heterocycles. The van der Waals surface area contributed by atoms with Crippen molar-refractivity contribution in [3.63, 3.8) is 0 Å². The molecule has 0 saturated carbocycles. The van der Waals surface area contributed by atoms with Crippen LogP contribution in [-0.4, -0.2) is 19.5 Å². The molecule has 1 atom stereocenters. The lowest BCUT2D eigenvalue weighted by atomic mass is 10.1. The molecule has 0 radical (unpaired) electrons. The molecular formula is C14H21FN2O. The van der Waals surface area contributed by atoms with Gasteiger partial charge in [-0.05, 0) is 37.6 Å². The van der Waals surface area contributed by atoms with Crippen molar-refractivity contribution in [1.29, 1.82) is 0 Å². The third-order valence-electron chi connectivity index (χ3n) is 2.92. The SMILES string of the molecule is CNCC(C)C(=O)NCc1cc(C)c(F)c(C)c1. The van der Waals surface area contributed by atoms with E-state index in [2.05, 4.69) is 10.6 Å². The molecule has 0 fully saturated rings. The summed E-state index contributed by atoms with van der Waals surface area (Å²) >= 11 is 0. The molecule has 0 aliphatic rings. The van der Waals surface area contributed by atoms with Gasteiger partial charge in [0.2, 0.25) is 5.91 Å². The monoisotopic (exact) mass is 252 g/mol. The Morgan fingerprint density at radius 3 is 2.39 bits per heavy atom. The number of amides is 1. The fraction of sp³-hybridized carbons (Fsp3) is 0.500. The van der Waals surface area contributed by atoms with Gasteiger partial charge in [0.25, 0.3) is 0 Å². The van der Waals surface area contributed by atoms with E-state index in [4.69, 9.17) is 0 Å². The maximum atomic E-state index is 13.4. The van der Waals surface area contributed by atoms with E-state index in [0.717, 1.165) is 5.56 Å². The van der Waals surface area contributed by atoms with Crippen LogP contribution in [0.4, 0.5) is 4.39 Å². The van der Waals surface area contributed by atoms with Crippen molar-refractivity contribution in [3.8, 4) is 0 Å². The highest BCUT2D eigenvalue weighted by Gasteiger charge is 2.11. The third kappa shape index (κ3) is 3.81. The molecular weight excluding hydrogens is 231 g/mol. The van der Waals surface area contributed by atoms with Gasteiger partial charge >= 0.3 is 0 Å². The molecule has 0 bridgehead atoms. The molecule has 1 aromatic carbocycles. The van der Waals surface area contributed by atoms with Crippen LogP contribution in [0.3, 0.4) is 0 Å². The molecule has 18 heavy (non-hydrogen) atoms. The molecule has 3 nitrogen and oxygen atoms in total. The number of carbonyl (C=O) groups excluding carboxylic acids is 1. The first-order valence-corrected chi connectivity index (χ1v) is 6.13. The molecule has 2 N–H and O–H groups in total. The Kier molecular flexibility index (Phi) is 5.28. The van der Waals surface area contributed by atoms with E-state index in [0.29, 0.717) is 24.2 Å². The largest absolute Gasteiger partial charge is 0.352 e. The second kappa shape index (κ2) is 6.50. The molecule has 0 heterocycles. The van der Waals surface area contributed by atoms with Crippen molar-refractivity contribution in [1.82, 2.24) is 10.6 Å². The summed E-state index contributed by atoms with van der Waals surface area (Å²) in [6, 6.07) is 3.54. The van der Waals surface area contributed by atoms with E-state index in [1.54, 1.807) is 26.0 Å². The van der Waals surface area contributed by atoms with Gasteiger partial charge in [-0.3, -0.25) is 4.79 Å². The maximum absolute atomic E-state index is 13.4. The highest BCUT2D eigenvalue weighted by atomic mass is 19.1. The van der Waals surface area contributed by atoms with Gasteiger partial charge in [-0.2, -0.15) is 0 Å². The van der Waals surface area contributed by atoms with E-state index in [1.165, 1.54) is 0 Å². The number of hydrogen-bond acceptors (Lipinski definition) is 2. The normalized spacial score (nSPS) is 12.3. The molecule has 100 valence electrons. The highest BCUT2D eigenvalue weighted by Crippen LogP contribution is 2.14. The minimum absolute atomic E-state index is 0.00369. The van der Waals surface area contributed by atoms with Crippen molar-refractivity contribution in [2.24, 2.45) is 5.92 Å². The van der Waals surface area contributed by atoms with Crippen LogP contribution in [0.15, 0.2) is 12.1 Å². The lowest BCUT2D eigenvalue weighted by Crippen LogP contribution is -2.33. The zero-order valence-electron chi connectivity index (χ0n) is 11.4. The second-order valence-corrected chi connectivity index (χ2v) is 4.72. The summed E-state index contributed by atoms with van der Waals surface area (Å²) in [6.07, 6.45) is 0. The fourth-order valence-electron chi connectivity index (χ4n) is 1.90. The Morgan fingerprint density at radius 1 is 1.33 bits per heavy atom. The van der Waals surface area contributed by atoms with E-state index in [9.17, 15) is 9.18 Å². The summed E-state index contributed by atoms with van der Waals surface area (Å²) in [4.78, 5) is 11.7. The predicted molar refractivity (Wildman–Crippen MR) is 70.8 cm³/mol. The van der Waals surface area contributed by atoms with Gasteiger partial charge in [0.15, 0.2) is 0 Å². The van der Waals surface area contributed by atoms with E-state index in [1.807, 2.05) is 14.0 Å². The average molecular weight is 252 g/mol. The van der Waals surface area contributed by atoms with Gasteiger partial charge < -0.3 is 10.6 Å². The summed E-state index contributed by atoms with van der Waals surface area (Å²) in [5.41, 5.74) is 2.15. The number of hydrogen-bond donors (Lipinski definition) is 2. The number of halogens is 1. The Bertz CT molecular complexity index is 409. The molecule has 1 amide bonds. The first-order valence-electron chi connectivity index (χ1n) is 6.13. The zero-order chi connectivity index (χ0) is 13.7. The molecule has 0 aliphatic carbocycles. The number of aryl methyl sites for hydroxylation is 2. The summed E-state index contributed by atoms with van der Waals surface area (Å²) in [5, 5.41) is 5.82. The lowest BCUT2D eigenvalue weighted by Gasteiger charge is -2.12. The molecule has 0 spiro atoms. The van der Waals surface area contributed by atoms with Gasteiger partial charge in [-0.1, -0.05) is 19.1 Å². The van der Waals surface area contributed by atoms with E-state index < -0.39 is 0 Å². The van der Waals surface area contributed by atoms with Gasteiger partial charge in [-0.25, -0.2) is 4.39 Å². The van der Waals surface area contributed by atoms with Crippen LogP contribution in [0.25, 0.3) is 0 Å². The highest BCUT2D eigenvalue weighted by molar-refractivity contribution is 5.78. The van der Waals surface area contributed by atoms with E-state index in [-0.39, 0.29) is 17.6 Å². The van der Waals surface area contributed by atoms with Crippen molar-refractivity contribution >= 4 is 5.91 Å². The van der Waals surface area contributed by atoms with Crippen molar-refractivity contribution in [2.45, 2.75) is 27.3 Å². The molecule has 1 aromatic rings. The lowest BCUT2D eigenvalue weighted by molar-refractivity contribution is -0.124. The number of benzene rings is 1. The zero-order valence-corrected chi connectivity index (χ0v) is 11.4. The van der Waals surface area contributed by atoms with Gasteiger partial charge in [0, 0.05) is 19.0 Å². The maximum Gasteiger partial charge on any atom is 0.224 e. The topological polar surface area (TPSA) is 41.1 Å². The van der Waals surface area contributed by atoms with Crippen LogP contribution >= 0.6 is 0 Å². The summed E-state index contributed by atoms with van der Waals surface area (Å²) in [5.74, 6) is -0.241. The van der Waals surface area contributed by atoms with Gasteiger partial charge in [0.1, 0.15) is 5.82 Å². The fourth-order valence-corrected chi connectivity index (χ4v) is 1.90. The number of carbonyl (C=O) groups is 1. The first kappa shape index (κ1) is 14.6. The third-order valence-corrected chi connectivity index (χ3v) is 2.92. The number of nitrogens with one attached hydrogen (secondary N) is 2. The van der Waals surface area contributed by atoms with Crippen LogP contribution in [-0.2, 0) is 11.3 Å². The van der Waals surface area contributed by atoms with Crippen molar-refractivity contribution in [2.75, 3.05) is 13.6 Å². The van der Waals surface area contributed by atoms with Crippen molar-refractivity contribution in [3.05, 3.63) is 34.6 Å². The molecule has 0 saturated heterocycles. The molecule has 0 aliphatic heterocycles. The standard InChI is InChI=1S/C14H21FN2O/c1-9-5-12(6-10(2)13(9)15)8-17-14(18)11(3)7-16-4/h5-6,11,16H,7-8H2,1-4H3,(H,17,18). The Hall–Kier alpha value is -1.42. The number of rotatable bonds is 5. The summed E-state index contributed by atoms with van der Waals surface area (Å²) in [7, 11) is 1.82. The Labute approximate surface area is 108 Å². The van der Waals surface area contributed by atoms with Crippen LogP contribution in [0.5, 0.6) is 0 Å². The van der Waals surface area contributed by atoms with Crippen molar-refractivity contribution < 1.29 is 9.18 Å². The van der Waals surface area contributed by atoms with Gasteiger partial charge in [-0.15, -0.1) is 0 Å². The average Bonchev–Trinajstić information content (AvgIpc) is 2.33. The minimum Gasteiger partial charge on any atom is -0.352 e. The second-order valence-electron chi connectivity index (χ2n) is 4.72. The Balaban J connectivity index is 2.61. The minimum atomic E-state index is -0.173. The predicted octanol–water partition coefficient (Wildman–Crippen LogP) is 1.91.